The summed E-state index contributed by atoms with van der Waals surface area (Å²) in [6.07, 6.45) is 14.8. The Bertz CT molecular complexity index is 860. The summed E-state index contributed by atoms with van der Waals surface area (Å²) in [6, 6.07) is 0. The molecule has 2 rings (SSSR count). The molecule has 0 aliphatic rings. The lowest BCUT2D eigenvalue weighted by Crippen LogP contribution is -3.00. The molecule has 0 amide bonds. The number of hydrogen-bond donors (Lipinski definition) is 0. The molecule has 0 aliphatic heterocycles. The number of esters is 2. The van der Waals surface area contributed by atoms with E-state index < -0.39 is 0 Å². The van der Waals surface area contributed by atoms with Gasteiger partial charge in [-0.25, -0.2) is 0 Å². The maximum Gasteiger partial charge on any atom is 0.302 e. The number of rotatable bonds is 19. The lowest BCUT2D eigenvalue weighted by atomic mass is 10.1. The van der Waals surface area contributed by atoms with Crippen molar-refractivity contribution in [1.82, 2.24) is 0 Å². The summed E-state index contributed by atoms with van der Waals surface area (Å²) in [7, 11) is 0. The lowest BCUT2D eigenvalue weighted by molar-refractivity contribution is -0.698. The molecule has 0 saturated heterocycles. The Balaban J connectivity index is 0.00000684. The van der Waals surface area contributed by atoms with Gasteiger partial charge in [-0.2, -0.15) is 9.13 Å². The van der Waals surface area contributed by atoms with Crippen molar-refractivity contribution >= 4 is 34.6 Å². The Labute approximate surface area is 271 Å². The van der Waals surface area contributed by atoms with Crippen LogP contribution in [-0.4, -0.2) is 25.2 Å². The summed E-state index contributed by atoms with van der Waals surface area (Å²) < 4.78 is 14.8. The van der Waals surface area contributed by atoms with Crippen LogP contribution in [0.1, 0.15) is 99.2 Å². The summed E-state index contributed by atoms with van der Waals surface area (Å²) in [4.78, 5) is 24.5. The molecular formula is C28H46I2N2O4S2. The van der Waals surface area contributed by atoms with Crippen molar-refractivity contribution in [1.29, 1.82) is 0 Å². The zero-order valence-electron chi connectivity index (χ0n) is 23.6. The molecule has 218 valence electrons. The molecule has 38 heavy (non-hydrogen) atoms. The number of aryl methyl sites for hydroxylation is 2. The predicted molar refractivity (Wildman–Crippen MR) is 145 cm³/mol. The van der Waals surface area contributed by atoms with Gasteiger partial charge < -0.3 is 57.4 Å². The van der Waals surface area contributed by atoms with Crippen molar-refractivity contribution in [3.63, 3.8) is 0 Å². The first-order chi connectivity index (χ1) is 17.4. The van der Waals surface area contributed by atoms with Crippen LogP contribution < -0.4 is 57.1 Å². The Kier molecular flexibility index (Phi) is 22.2. The third-order valence-corrected chi connectivity index (χ3v) is 8.92. The van der Waals surface area contributed by atoms with Gasteiger partial charge in [0.25, 0.3) is 0 Å². The molecular weight excluding hydrogens is 746 g/mol. The summed E-state index contributed by atoms with van der Waals surface area (Å²) in [5.74, 6) is -0.407. The van der Waals surface area contributed by atoms with Gasteiger partial charge in [-0.15, -0.1) is 0 Å². The first kappa shape index (κ1) is 37.7. The topological polar surface area (TPSA) is 60.4 Å². The van der Waals surface area contributed by atoms with Crippen LogP contribution in [0.25, 0.3) is 0 Å². The second kappa shape index (κ2) is 22.4. The standard InChI is InChI=1S/C28H46N2O4S2.2HI/c1-23-27(15-19-33-25(3)31)35-21-29(23)17-13-11-9-7-5-6-8-10-12-14-18-30-22-36-28(24(30)2)16-20-34-26(4)32;;/h21-22H,5-20H2,1-4H3;2*1H/q+2;;/p-2. The van der Waals surface area contributed by atoms with Gasteiger partial charge in [0.05, 0.1) is 23.0 Å². The Morgan fingerprint density at radius 1 is 0.632 bits per heavy atom. The van der Waals surface area contributed by atoms with E-state index in [0.29, 0.717) is 13.2 Å². The van der Waals surface area contributed by atoms with Crippen molar-refractivity contribution in [3.8, 4) is 0 Å². The SMILES string of the molecule is CC(=O)OCCc1sc[n+](CCCCCCCCCCCC[n+]2csc(CCOC(C)=O)c2C)c1C.[I-].[I-]. The smallest absolute Gasteiger partial charge is 0.302 e. The molecule has 0 N–H and O–H groups in total. The van der Waals surface area contributed by atoms with Crippen LogP contribution in [0, 0.1) is 13.8 Å². The maximum absolute atomic E-state index is 10.9. The van der Waals surface area contributed by atoms with Crippen LogP contribution in [0.5, 0.6) is 0 Å². The molecule has 0 fully saturated rings. The molecule has 0 unspecified atom stereocenters. The molecule has 0 aromatic carbocycles. The molecule has 0 spiro atoms. The van der Waals surface area contributed by atoms with E-state index in [-0.39, 0.29) is 59.9 Å². The second-order valence-electron chi connectivity index (χ2n) is 9.57. The quantitative estimate of drug-likeness (QED) is 0.0859. The highest BCUT2D eigenvalue weighted by Gasteiger charge is 2.16. The van der Waals surface area contributed by atoms with Crippen LogP contribution in [0.4, 0.5) is 0 Å². The largest absolute Gasteiger partial charge is 1.00 e. The monoisotopic (exact) mass is 792 g/mol. The summed E-state index contributed by atoms with van der Waals surface area (Å²) in [5.41, 5.74) is 7.06. The highest BCUT2D eigenvalue weighted by Crippen LogP contribution is 2.15. The fourth-order valence-electron chi connectivity index (χ4n) is 4.38. The van der Waals surface area contributed by atoms with E-state index in [0.717, 1.165) is 25.9 Å². The minimum atomic E-state index is -0.204. The fraction of sp³-hybridized carbons (Fsp3) is 0.714. The van der Waals surface area contributed by atoms with Crippen LogP contribution >= 0.6 is 22.7 Å². The van der Waals surface area contributed by atoms with Crippen molar-refractivity contribution < 1.29 is 76.2 Å². The van der Waals surface area contributed by atoms with E-state index in [2.05, 4.69) is 34.0 Å². The van der Waals surface area contributed by atoms with Crippen molar-refractivity contribution in [2.45, 2.75) is 118 Å². The number of aromatic nitrogens is 2. The number of hydrogen-bond acceptors (Lipinski definition) is 6. The number of thiazole rings is 2. The molecule has 0 atom stereocenters. The molecule has 0 aliphatic carbocycles. The zero-order valence-corrected chi connectivity index (χ0v) is 29.5. The molecule has 10 heteroatoms. The lowest BCUT2D eigenvalue weighted by Gasteiger charge is -2.02. The molecule has 2 aromatic heterocycles. The molecule has 6 nitrogen and oxygen atoms in total. The number of carbonyl (C=O) groups excluding carboxylic acids is 2. The number of ether oxygens (including phenoxy) is 2. The van der Waals surface area contributed by atoms with Crippen molar-refractivity contribution in [3.05, 3.63) is 32.2 Å². The Morgan fingerprint density at radius 2 is 0.947 bits per heavy atom. The fourth-order valence-corrected chi connectivity index (χ4v) is 6.39. The van der Waals surface area contributed by atoms with Gasteiger partial charge in [0.15, 0.2) is 11.4 Å². The Hall–Kier alpha value is -0.340. The minimum absolute atomic E-state index is 0. The molecule has 0 saturated carbocycles. The van der Waals surface area contributed by atoms with Gasteiger partial charge in [0.1, 0.15) is 13.1 Å². The summed E-state index contributed by atoms with van der Waals surface area (Å²) >= 11 is 3.54. The van der Waals surface area contributed by atoms with Gasteiger partial charge in [-0.3, -0.25) is 9.59 Å². The molecule has 0 radical (unpaired) electrons. The van der Waals surface area contributed by atoms with E-state index in [1.54, 1.807) is 22.7 Å². The van der Waals surface area contributed by atoms with Gasteiger partial charge in [0, 0.05) is 53.4 Å². The van der Waals surface area contributed by atoms with Crippen LogP contribution in [0.15, 0.2) is 11.0 Å². The third-order valence-electron chi connectivity index (χ3n) is 6.63. The first-order valence-electron chi connectivity index (χ1n) is 13.6. The van der Waals surface area contributed by atoms with Gasteiger partial charge in [0.2, 0.25) is 11.0 Å². The number of carbonyl (C=O) groups is 2. The average molecular weight is 793 g/mol. The van der Waals surface area contributed by atoms with Crippen molar-refractivity contribution in [2.75, 3.05) is 13.2 Å². The van der Waals surface area contributed by atoms with E-state index in [9.17, 15) is 9.59 Å². The van der Waals surface area contributed by atoms with E-state index in [1.165, 1.54) is 99.2 Å². The average Bonchev–Trinajstić information content (AvgIpc) is 3.36. The summed E-state index contributed by atoms with van der Waals surface area (Å²) in [6.45, 7) is 10.4. The molecule has 0 bridgehead atoms. The van der Waals surface area contributed by atoms with E-state index in [4.69, 9.17) is 9.47 Å². The normalized spacial score (nSPS) is 10.5. The Morgan fingerprint density at radius 3 is 1.26 bits per heavy atom. The minimum Gasteiger partial charge on any atom is -1.00 e. The van der Waals surface area contributed by atoms with E-state index >= 15 is 0 Å². The van der Waals surface area contributed by atoms with Gasteiger partial charge in [-0.05, 0) is 12.8 Å². The van der Waals surface area contributed by atoms with Gasteiger partial charge >= 0.3 is 11.9 Å². The highest BCUT2D eigenvalue weighted by atomic mass is 127. The van der Waals surface area contributed by atoms with Crippen LogP contribution in [0.3, 0.4) is 0 Å². The second-order valence-corrected chi connectivity index (χ2v) is 11.4. The van der Waals surface area contributed by atoms with Crippen LogP contribution in [0.2, 0.25) is 0 Å². The number of nitrogens with zero attached hydrogens (tertiary/aromatic N) is 2. The summed E-state index contributed by atoms with van der Waals surface area (Å²) in [5, 5.41) is 0. The number of unbranched alkanes of at least 4 members (excludes halogenated alkanes) is 9. The van der Waals surface area contributed by atoms with Crippen LogP contribution in [-0.2, 0) is 45.0 Å². The molecule has 2 aromatic rings. The predicted octanol–water partition coefficient (Wildman–Crippen LogP) is -0.178. The maximum atomic E-state index is 10.9. The third kappa shape index (κ3) is 15.4. The zero-order chi connectivity index (χ0) is 26.2. The number of halogens is 2. The van der Waals surface area contributed by atoms with E-state index in [1.807, 2.05) is 0 Å². The highest BCUT2D eigenvalue weighted by molar-refractivity contribution is 7.09. The van der Waals surface area contributed by atoms with Gasteiger partial charge in [-0.1, -0.05) is 61.2 Å². The van der Waals surface area contributed by atoms with Crippen molar-refractivity contribution in [2.24, 2.45) is 0 Å². The first-order valence-corrected chi connectivity index (χ1v) is 15.3. The molecule has 2 heterocycles.